The zero-order valence-electron chi connectivity index (χ0n) is 10.3. The molecule has 0 fully saturated rings. The maximum atomic E-state index is 12.1. The molecule has 0 unspecified atom stereocenters. The van der Waals surface area contributed by atoms with E-state index >= 15 is 0 Å². The van der Waals surface area contributed by atoms with Crippen LogP contribution in [0.25, 0.3) is 0 Å². The fourth-order valence-electron chi connectivity index (χ4n) is 1.84. The van der Waals surface area contributed by atoms with Crippen molar-refractivity contribution < 1.29 is 9.53 Å². The van der Waals surface area contributed by atoms with Crippen molar-refractivity contribution in [2.75, 3.05) is 6.61 Å². The predicted molar refractivity (Wildman–Crippen MR) is 70.6 cm³/mol. The molecule has 0 spiro atoms. The number of nitrogens with one attached hydrogen (secondary N) is 1. The van der Waals surface area contributed by atoms with Crippen LogP contribution in [0.1, 0.15) is 36.7 Å². The Bertz CT molecular complexity index is 463. The second-order valence-corrected chi connectivity index (χ2v) is 6.06. The van der Waals surface area contributed by atoms with E-state index in [1.807, 2.05) is 26.8 Å². The lowest BCUT2D eigenvalue weighted by molar-refractivity contribution is 0.0916. The van der Waals surface area contributed by atoms with E-state index in [-0.39, 0.29) is 11.4 Å². The first-order chi connectivity index (χ1) is 7.88. The SMILES string of the molecule is CC(C)(C)NC(=O)c1ccc(Br)c2c1OCC2. The van der Waals surface area contributed by atoms with E-state index < -0.39 is 0 Å². The molecule has 17 heavy (non-hydrogen) atoms. The molecule has 1 N–H and O–H groups in total. The topological polar surface area (TPSA) is 38.3 Å². The van der Waals surface area contributed by atoms with Gasteiger partial charge in [-0.2, -0.15) is 0 Å². The molecule has 0 aromatic heterocycles. The number of ether oxygens (including phenoxy) is 1. The monoisotopic (exact) mass is 297 g/mol. The van der Waals surface area contributed by atoms with Crippen LogP contribution in [-0.2, 0) is 6.42 Å². The fourth-order valence-corrected chi connectivity index (χ4v) is 2.35. The van der Waals surface area contributed by atoms with Gasteiger partial charge >= 0.3 is 0 Å². The van der Waals surface area contributed by atoms with Crippen LogP contribution in [0.5, 0.6) is 5.75 Å². The van der Waals surface area contributed by atoms with E-state index in [0.717, 1.165) is 22.2 Å². The molecule has 1 aliphatic heterocycles. The normalized spacial score (nSPS) is 14.1. The zero-order valence-corrected chi connectivity index (χ0v) is 11.8. The molecule has 0 radical (unpaired) electrons. The summed E-state index contributed by atoms with van der Waals surface area (Å²) in [4.78, 5) is 12.1. The van der Waals surface area contributed by atoms with Crippen LogP contribution in [0, 0.1) is 0 Å². The Labute approximate surface area is 110 Å². The van der Waals surface area contributed by atoms with Crippen molar-refractivity contribution in [1.29, 1.82) is 0 Å². The van der Waals surface area contributed by atoms with Gasteiger partial charge in [-0.15, -0.1) is 0 Å². The Balaban J connectivity index is 2.34. The lowest BCUT2D eigenvalue weighted by atomic mass is 10.0. The van der Waals surface area contributed by atoms with Gasteiger partial charge in [-0.1, -0.05) is 15.9 Å². The molecule has 1 aromatic rings. The van der Waals surface area contributed by atoms with Gasteiger partial charge in [-0.3, -0.25) is 4.79 Å². The number of hydrogen-bond donors (Lipinski definition) is 1. The third-order valence-electron chi connectivity index (χ3n) is 2.53. The second kappa shape index (κ2) is 4.33. The van der Waals surface area contributed by atoms with Crippen LogP contribution >= 0.6 is 15.9 Å². The van der Waals surface area contributed by atoms with Crippen LogP contribution in [0.4, 0.5) is 0 Å². The molecule has 1 amide bonds. The summed E-state index contributed by atoms with van der Waals surface area (Å²) in [5.41, 5.74) is 1.47. The van der Waals surface area contributed by atoms with Gasteiger partial charge in [0.05, 0.1) is 12.2 Å². The summed E-state index contributed by atoms with van der Waals surface area (Å²) in [6.45, 7) is 6.54. The Kier molecular flexibility index (Phi) is 3.17. The minimum atomic E-state index is -0.240. The first kappa shape index (κ1) is 12.4. The summed E-state index contributed by atoms with van der Waals surface area (Å²) in [5, 5.41) is 2.95. The van der Waals surface area contributed by atoms with Gasteiger partial charge in [0.1, 0.15) is 5.75 Å². The van der Waals surface area contributed by atoms with Crippen LogP contribution in [-0.4, -0.2) is 18.1 Å². The highest BCUT2D eigenvalue weighted by Gasteiger charge is 2.24. The van der Waals surface area contributed by atoms with Crippen molar-refractivity contribution in [3.05, 3.63) is 27.7 Å². The number of carbonyl (C=O) groups is 1. The van der Waals surface area contributed by atoms with Gasteiger partial charge in [-0.05, 0) is 32.9 Å². The summed E-state index contributed by atoms with van der Waals surface area (Å²) in [5.74, 6) is 0.643. The third kappa shape index (κ3) is 2.63. The van der Waals surface area contributed by atoms with Crippen molar-refractivity contribution in [3.8, 4) is 5.75 Å². The van der Waals surface area contributed by atoms with Crippen LogP contribution in [0.2, 0.25) is 0 Å². The van der Waals surface area contributed by atoms with Crippen molar-refractivity contribution in [2.24, 2.45) is 0 Å². The molecular weight excluding hydrogens is 282 g/mol. The molecule has 0 atom stereocenters. The summed E-state index contributed by atoms with van der Waals surface area (Å²) < 4.78 is 6.57. The highest BCUT2D eigenvalue weighted by Crippen LogP contribution is 2.35. The van der Waals surface area contributed by atoms with Crippen molar-refractivity contribution in [2.45, 2.75) is 32.7 Å². The van der Waals surface area contributed by atoms with E-state index in [9.17, 15) is 4.79 Å². The number of rotatable bonds is 1. The molecule has 0 saturated heterocycles. The third-order valence-corrected chi connectivity index (χ3v) is 3.28. The smallest absolute Gasteiger partial charge is 0.255 e. The van der Waals surface area contributed by atoms with Gasteiger partial charge < -0.3 is 10.1 Å². The highest BCUT2D eigenvalue weighted by molar-refractivity contribution is 9.10. The van der Waals surface area contributed by atoms with Gasteiger partial charge in [0.15, 0.2) is 0 Å². The number of benzene rings is 1. The van der Waals surface area contributed by atoms with E-state index in [0.29, 0.717) is 12.2 Å². The van der Waals surface area contributed by atoms with Gasteiger partial charge in [0.2, 0.25) is 0 Å². The number of halogens is 1. The molecule has 0 saturated carbocycles. The number of carbonyl (C=O) groups excluding carboxylic acids is 1. The molecule has 1 aromatic carbocycles. The summed E-state index contributed by atoms with van der Waals surface area (Å²) in [7, 11) is 0. The standard InChI is InChI=1S/C13H16BrNO2/c1-13(2,3)15-12(16)9-4-5-10(14)8-6-7-17-11(8)9/h4-5H,6-7H2,1-3H3,(H,15,16). The Hall–Kier alpha value is -1.03. The molecule has 92 valence electrons. The molecule has 1 heterocycles. The Morgan fingerprint density at radius 3 is 2.76 bits per heavy atom. The summed E-state index contributed by atoms with van der Waals surface area (Å²) in [6, 6.07) is 3.71. The van der Waals surface area contributed by atoms with E-state index in [1.165, 1.54) is 0 Å². The Morgan fingerprint density at radius 1 is 1.41 bits per heavy atom. The number of amides is 1. The predicted octanol–water partition coefficient (Wildman–Crippen LogP) is 2.91. The van der Waals surface area contributed by atoms with Gasteiger partial charge in [0, 0.05) is 22.0 Å². The number of hydrogen-bond acceptors (Lipinski definition) is 2. The minimum absolute atomic E-state index is 0.0804. The largest absolute Gasteiger partial charge is 0.492 e. The van der Waals surface area contributed by atoms with Crippen LogP contribution in [0.3, 0.4) is 0 Å². The van der Waals surface area contributed by atoms with Crippen molar-refractivity contribution >= 4 is 21.8 Å². The molecule has 3 nitrogen and oxygen atoms in total. The first-order valence-electron chi connectivity index (χ1n) is 5.65. The minimum Gasteiger partial charge on any atom is -0.492 e. The average Bonchev–Trinajstić information content (AvgIpc) is 2.64. The lowest BCUT2D eigenvalue weighted by Gasteiger charge is -2.21. The quantitative estimate of drug-likeness (QED) is 0.865. The van der Waals surface area contributed by atoms with E-state index in [1.54, 1.807) is 6.07 Å². The molecular formula is C13H16BrNO2. The average molecular weight is 298 g/mol. The molecule has 4 heteroatoms. The van der Waals surface area contributed by atoms with E-state index in [2.05, 4.69) is 21.2 Å². The van der Waals surface area contributed by atoms with Gasteiger partial charge in [0.25, 0.3) is 5.91 Å². The number of fused-ring (bicyclic) bond motifs is 1. The summed E-state index contributed by atoms with van der Waals surface area (Å²) in [6.07, 6.45) is 0.854. The maximum absolute atomic E-state index is 12.1. The van der Waals surface area contributed by atoms with Crippen molar-refractivity contribution in [1.82, 2.24) is 5.32 Å². The van der Waals surface area contributed by atoms with Gasteiger partial charge in [-0.25, -0.2) is 0 Å². The molecule has 0 aliphatic carbocycles. The molecule has 1 aliphatic rings. The highest BCUT2D eigenvalue weighted by atomic mass is 79.9. The second-order valence-electron chi connectivity index (χ2n) is 5.21. The van der Waals surface area contributed by atoms with Crippen LogP contribution < -0.4 is 10.1 Å². The molecule has 0 bridgehead atoms. The fraction of sp³-hybridized carbons (Fsp3) is 0.462. The molecule has 2 rings (SSSR count). The van der Waals surface area contributed by atoms with Crippen molar-refractivity contribution in [3.63, 3.8) is 0 Å². The van der Waals surface area contributed by atoms with E-state index in [4.69, 9.17) is 4.74 Å². The maximum Gasteiger partial charge on any atom is 0.255 e. The Morgan fingerprint density at radius 2 is 2.12 bits per heavy atom. The zero-order chi connectivity index (χ0) is 12.6. The van der Waals surface area contributed by atoms with Crippen LogP contribution in [0.15, 0.2) is 16.6 Å². The summed E-state index contributed by atoms with van der Waals surface area (Å²) >= 11 is 3.48. The first-order valence-corrected chi connectivity index (χ1v) is 6.44. The lowest BCUT2D eigenvalue weighted by Crippen LogP contribution is -2.40.